The topological polar surface area (TPSA) is 67.2 Å². The second kappa shape index (κ2) is 7.68. The lowest BCUT2D eigenvalue weighted by Gasteiger charge is -2.16. The van der Waals surface area contributed by atoms with Crippen LogP contribution in [0.4, 0.5) is 4.39 Å². The SMILES string of the molecule is CC(C)c1c(C(=O)NCC(=O)N2CCCC2)cnn1-c1ccc(F)cc1. The largest absolute Gasteiger partial charge is 0.343 e. The number of likely N-dealkylation sites (tertiary alicyclic amines) is 1. The monoisotopic (exact) mass is 358 g/mol. The number of rotatable bonds is 5. The van der Waals surface area contributed by atoms with Crippen LogP contribution in [0.3, 0.4) is 0 Å². The van der Waals surface area contributed by atoms with Gasteiger partial charge in [-0.15, -0.1) is 0 Å². The molecule has 0 spiro atoms. The molecule has 0 radical (unpaired) electrons. The highest BCUT2D eigenvalue weighted by Gasteiger charge is 2.23. The third-order valence-corrected chi connectivity index (χ3v) is 4.53. The maximum absolute atomic E-state index is 13.2. The molecule has 2 heterocycles. The molecule has 0 bridgehead atoms. The number of benzene rings is 1. The number of carbonyl (C=O) groups excluding carboxylic acids is 2. The maximum Gasteiger partial charge on any atom is 0.255 e. The lowest BCUT2D eigenvalue weighted by atomic mass is 10.0. The lowest BCUT2D eigenvalue weighted by Crippen LogP contribution is -2.38. The third-order valence-electron chi connectivity index (χ3n) is 4.53. The molecule has 1 aliphatic heterocycles. The summed E-state index contributed by atoms with van der Waals surface area (Å²) in [4.78, 5) is 26.5. The van der Waals surface area contributed by atoms with Crippen molar-refractivity contribution in [1.29, 1.82) is 0 Å². The minimum Gasteiger partial charge on any atom is -0.343 e. The molecule has 1 saturated heterocycles. The molecule has 0 unspecified atom stereocenters. The molecule has 0 aliphatic carbocycles. The molecular weight excluding hydrogens is 335 g/mol. The molecular formula is C19H23FN4O2. The molecule has 2 aromatic rings. The second-order valence-electron chi connectivity index (χ2n) is 6.76. The van der Waals surface area contributed by atoms with Crippen LogP contribution in [-0.4, -0.2) is 46.1 Å². The summed E-state index contributed by atoms with van der Waals surface area (Å²) in [5.41, 5.74) is 1.84. The molecule has 1 aliphatic rings. The van der Waals surface area contributed by atoms with Crippen LogP contribution in [0.1, 0.15) is 48.7 Å². The van der Waals surface area contributed by atoms with Gasteiger partial charge in [-0.3, -0.25) is 9.59 Å². The standard InChI is InChI=1S/C19H23FN4O2/c1-13(2)18-16(11-22-24(18)15-7-5-14(20)6-8-15)19(26)21-12-17(25)23-9-3-4-10-23/h5-8,11,13H,3-4,9-10,12H2,1-2H3,(H,21,26). The van der Waals surface area contributed by atoms with Crippen molar-refractivity contribution in [1.82, 2.24) is 20.0 Å². The number of amides is 2. The first-order chi connectivity index (χ1) is 12.5. The Morgan fingerprint density at radius 2 is 1.85 bits per heavy atom. The van der Waals surface area contributed by atoms with Crippen molar-refractivity contribution >= 4 is 11.8 Å². The molecule has 0 atom stereocenters. The molecule has 1 aromatic carbocycles. The van der Waals surface area contributed by atoms with Crippen molar-refractivity contribution < 1.29 is 14.0 Å². The smallest absolute Gasteiger partial charge is 0.255 e. The van der Waals surface area contributed by atoms with Gasteiger partial charge in [0.25, 0.3) is 5.91 Å². The molecule has 1 N–H and O–H groups in total. The molecule has 138 valence electrons. The Morgan fingerprint density at radius 3 is 2.46 bits per heavy atom. The van der Waals surface area contributed by atoms with E-state index in [0.29, 0.717) is 11.3 Å². The van der Waals surface area contributed by atoms with Crippen molar-refractivity contribution in [2.45, 2.75) is 32.6 Å². The Bertz CT molecular complexity index is 792. The molecule has 2 amide bonds. The van der Waals surface area contributed by atoms with Gasteiger partial charge in [0.1, 0.15) is 5.82 Å². The molecule has 3 rings (SSSR count). The summed E-state index contributed by atoms with van der Waals surface area (Å²) in [7, 11) is 0. The zero-order valence-corrected chi connectivity index (χ0v) is 15.0. The van der Waals surface area contributed by atoms with E-state index in [2.05, 4.69) is 10.4 Å². The predicted octanol–water partition coefficient (Wildman–Crippen LogP) is 2.49. The highest BCUT2D eigenvalue weighted by Crippen LogP contribution is 2.23. The summed E-state index contributed by atoms with van der Waals surface area (Å²) >= 11 is 0. The maximum atomic E-state index is 13.2. The van der Waals surface area contributed by atoms with Crippen molar-refractivity contribution in [2.24, 2.45) is 0 Å². The second-order valence-corrected chi connectivity index (χ2v) is 6.76. The van der Waals surface area contributed by atoms with Crippen LogP contribution < -0.4 is 5.32 Å². The highest BCUT2D eigenvalue weighted by molar-refractivity contribution is 5.97. The number of aromatic nitrogens is 2. The molecule has 0 saturated carbocycles. The van der Waals surface area contributed by atoms with Crippen LogP contribution in [0.25, 0.3) is 5.69 Å². The van der Waals surface area contributed by atoms with Gasteiger partial charge >= 0.3 is 0 Å². The minimum atomic E-state index is -0.328. The van der Waals surface area contributed by atoms with Gasteiger partial charge in [0.15, 0.2) is 0 Å². The van der Waals surface area contributed by atoms with Crippen molar-refractivity contribution in [2.75, 3.05) is 19.6 Å². The number of hydrogen-bond donors (Lipinski definition) is 1. The van der Waals surface area contributed by atoms with E-state index in [9.17, 15) is 14.0 Å². The van der Waals surface area contributed by atoms with Crippen LogP contribution in [0, 0.1) is 5.82 Å². The number of nitrogens with one attached hydrogen (secondary N) is 1. The molecule has 26 heavy (non-hydrogen) atoms. The average molecular weight is 358 g/mol. The summed E-state index contributed by atoms with van der Waals surface area (Å²) < 4.78 is 14.8. The van der Waals surface area contributed by atoms with Crippen LogP contribution in [-0.2, 0) is 4.79 Å². The fourth-order valence-electron chi connectivity index (χ4n) is 3.21. The first-order valence-electron chi connectivity index (χ1n) is 8.87. The molecule has 6 nitrogen and oxygen atoms in total. The number of halogens is 1. The Kier molecular flexibility index (Phi) is 5.35. The fourth-order valence-corrected chi connectivity index (χ4v) is 3.21. The van der Waals surface area contributed by atoms with Crippen molar-refractivity contribution in [3.8, 4) is 5.69 Å². The van der Waals surface area contributed by atoms with Gasteiger partial charge in [0, 0.05) is 13.1 Å². The fraction of sp³-hybridized carbons (Fsp3) is 0.421. The van der Waals surface area contributed by atoms with Gasteiger partial charge in [0.05, 0.1) is 29.7 Å². The summed E-state index contributed by atoms with van der Waals surface area (Å²) in [5, 5.41) is 7.00. The lowest BCUT2D eigenvalue weighted by molar-refractivity contribution is -0.129. The normalized spacial score (nSPS) is 14.1. The molecule has 1 fully saturated rings. The summed E-state index contributed by atoms with van der Waals surface area (Å²) in [6.07, 6.45) is 3.53. The summed E-state index contributed by atoms with van der Waals surface area (Å²) in [6, 6.07) is 5.95. The van der Waals surface area contributed by atoms with E-state index in [1.807, 2.05) is 13.8 Å². The zero-order valence-electron chi connectivity index (χ0n) is 15.0. The van der Waals surface area contributed by atoms with Crippen LogP contribution >= 0.6 is 0 Å². The van der Waals surface area contributed by atoms with E-state index < -0.39 is 0 Å². The van der Waals surface area contributed by atoms with Gasteiger partial charge in [-0.05, 0) is 43.0 Å². The van der Waals surface area contributed by atoms with E-state index in [0.717, 1.165) is 31.6 Å². The summed E-state index contributed by atoms with van der Waals surface area (Å²) in [5.74, 6) is -0.689. The molecule has 7 heteroatoms. The van der Waals surface area contributed by atoms with Crippen LogP contribution in [0.2, 0.25) is 0 Å². The Morgan fingerprint density at radius 1 is 1.19 bits per heavy atom. The van der Waals surface area contributed by atoms with E-state index in [1.54, 1.807) is 21.7 Å². The third kappa shape index (κ3) is 3.76. The first-order valence-corrected chi connectivity index (χ1v) is 8.87. The Balaban J connectivity index is 1.77. The Labute approximate surface area is 152 Å². The highest BCUT2D eigenvalue weighted by atomic mass is 19.1. The van der Waals surface area contributed by atoms with E-state index in [1.165, 1.54) is 18.3 Å². The number of carbonyl (C=O) groups is 2. The van der Waals surface area contributed by atoms with E-state index in [4.69, 9.17) is 0 Å². The number of hydrogen-bond acceptors (Lipinski definition) is 3. The van der Waals surface area contributed by atoms with Crippen molar-refractivity contribution in [3.63, 3.8) is 0 Å². The average Bonchev–Trinajstić information content (AvgIpc) is 3.29. The van der Waals surface area contributed by atoms with Gasteiger partial charge in [-0.2, -0.15) is 5.10 Å². The van der Waals surface area contributed by atoms with Gasteiger partial charge in [-0.25, -0.2) is 9.07 Å². The van der Waals surface area contributed by atoms with Gasteiger partial charge < -0.3 is 10.2 Å². The van der Waals surface area contributed by atoms with Gasteiger partial charge in [-0.1, -0.05) is 13.8 Å². The first kappa shape index (κ1) is 18.1. The Hall–Kier alpha value is -2.70. The van der Waals surface area contributed by atoms with Crippen molar-refractivity contribution in [3.05, 3.63) is 47.5 Å². The van der Waals surface area contributed by atoms with Crippen LogP contribution in [0.5, 0.6) is 0 Å². The minimum absolute atomic E-state index is 0.0158. The quantitative estimate of drug-likeness (QED) is 0.893. The van der Waals surface area contributed by atoms with Gasteiger partial charge in [0.2, 0.25) is 5.91 Å². The predicted molar refractivity (Wildman–Crippen MR) is 95.8 cm³/mol. The number of nitrogens with zero attached hydrogens (tertiary/aromatic N) is 3. The summed E-state index contributed by atoms with van der Waals surface area (Å²) in [6.45, 7) is 5.42. The zero-order chi connectivity index (χ0) is 18.7. The van der Waals surface area contributed by atoms with Crippen LogP contribution in [0.15, 0.2) is 30.5 Å². The van der Waals surface area contributed by atoms with E-state index >= 15 is 0 Å². The van der Waals surface area contributed by atoms with E-state index in [-0.39, 0.29) is 30.1 Å². The molecule has 1 aromatic heterocycles.